The van der Waals surface area contributed by atoms with E-state index < -0.39 is 24.1 Å². The van der Waals surface area contributed by atoms with Gasteiger partial charge in [-0.15, -0.1) is 0 Å². The van der Waals surface area contributed by atoms with Crippen LogP contribution in [0.3, 0.4) is 0 Å². The van der Waals surface area contributed by atoms with Crippen molar-refractivity contribution in [1.82, 2.24) is 0 Å². The summed E-state index contributed by atoms with van der Waals surface area (Å²) in [6.45, 7) is 3.22. The van der Waals surface area contributed by atoms with E-state index >= 15 is 0 Å². The van der Waals surface area contributed by atoms with Crippen LogP contribution in [0.25, 0.3) is 0 Å². The topological polar surface area (TPSA) is 77.8 Å². The molecule has 0 aromatic heterocycles. The summed E-state index contributed by atoms with van der Waals surface area (Å²) in [5, 5.41) is 27.0. The molecule has 0 aromatic carbocycles. The molecule has 0 aliphatic carbocycles. The van der Waals surface area contributed by atoms with Crippen molar-refractivity contribution in [2.75, 3.05) is 0 Å². The van der Waals surface area contributed by atoms with Crippen molar-refractivity contribution >= 4 is 5.97 Å². The molecular formula is C8H16O4. The Morgan fingerprint density at radius 2 is 1.92 bits per heavy atom. The van der Waals surface area contributed by atoms with Crippen LogP contribution in [0.2, 0.25) is 0 Å². The number of aliphatic hydroxyl groups excluding tert-OH is 2. The van der Waals surface area contributed by atoms with Crippen molar-refractivity contribution in [2.45, 2.75) is 38.9 Å². The predicted molar refractivity (Wildman–Crippen MR) is 43.7 cm³/mol. The quantitative estimate of drug-likeness (QED) is 0.560. The average molecular weight is 176 g/mol. The summed E-state index contributed by atoms with van der Waals surface area (Å²) in [6, 6.07) is 0. The number of aliphatic hydroxyl groups is 2. The number of carboxylic acids is 1. The zero-order chi connectivity index (χ0) is 9.72. The van der Waals surface area contributed by atoms with Gasteiger partial charge in [-0.05, 0) is 13.3 Å². The first-order chi connectivity index (χ1) is 5.50. The van der Waals surface area contributed by atoms with E-state index in [1.807, 2.05) is 6.92 Å². The number of hydrogen-bond donors (Lipinski definition) is 3. The van der Waals surface area contributed by atoms with Crippen LogP contribution in [0.1, 0.15) is 26.7 Å². The van der Waals surface area contributed by atoms with E-state index in [0.29, 0.717) is 12.8 Å². The monoisotopic (exact) mass is 176 g/mol. The second-order valence-electron chi connectivity index (χ2n) is 2.96. The van der Waals surface area contributed by atoms with E-state index in [-0.39, 0.29) is 0 Å². The highest BCUT2D eigenvalue weighted by Gasteiger charge is 2.30. The van der Waals surface area contributed by atoms with Gasteiger partial charge < -0.3 is 15.3 Å². The molecule has 0 aromatic rings. The van der Waals surface area contributed by atoms with Crippen LogP contribution in [0, 0.1) is 5.92 Å². The molecule has 0 fully saturated rings. The maximum absolute atomic E-state index is 10.5. The lowest BCUT2D eigenvalue weighted by atomic mass is 9.94. The van der Waals surface area contributed by atoms with Crippen molar-refractivity contribution in [1.29, 1.82) is 0 Å². The van der Waals surface area contributed by atoms with Crippen molar-refractivity contribution in [3.63, 3.8) is 0 Å². The van der Waals surface area contributed by atoms with Gasteiger partial charge in [-0.1, -0.05) is 13.3 Å². The molecule has 12 heavy (non-hydrogen) atoms. The smallest absolute Gasteiger partial charge is 0.311 e. The fourth-order valence-corrected chi connectivity index (χ4v) is 1.17. The van der Waals surface area contributed by atoms with Crippen molar-refractivity contribution in [3.8, 4) is 0 Å². The minimum atomic E-state index is -1.15. The van der Waals surface area contributed by atoms with Gasteiger partial charge in [0.15, 0.2) is 0 Å². The first-order valence-electron chi connectivity index (χ1n) is 4.09. The highest BCUT2D eigenvalue weighted by molar-refractivity contribution is 5.71. The first kappa shape index (κ1) is 11.4. The van der Waals surface area contributed by atoms with Gasteiger partial charge in [-0.25, -0.2) is 0 Å². The summed E-state index contributed by atoms with van der Waals surface area (Å²) in [6.07, 6.45) is -0.851. The molecule has 0 amide bonds. The summed E-state index contributed by atoms with van der Waals surface area (Å²) in [5.41, 5.74) is 0. The van der Waals surface area contributed by atoms with Gasteiger partial charge in [-0.2, -0.15) is 0 Å². The maximum Gasteiger partial charge on any atom is 0.311 e. The van der Waals surface area contributed by atoms with E-state index in [1.165, 1.54) is 6.92 Å². The third kappa shape index (κ3) is 3.19. The molecule has 0 saturated carbocycles. The zero-order valence-electron chi connectivity index (χ0n) is 7.40. The van der Waals surface area contributed by atoms with E-state index in [2.05, 4.69) is 0 Å². The molecule has 0 bridgehead atoms. The average Bonchev–Trinajstić information content (AvgIpc) is 1.85. The SMILES string of the molecule is CCCC(O)C(C(=O)O)C(C)O. The first-order valence-corrected chi connectivity index (χ1v) is 4.09. The maximum atomic E-state index is 10.5. The molecule has 0 saturated heterocycles. The molecule has 72 valence electrons. The second-order valence-corrected chi connectivity index (χ2v) is 2.96. The molecule has 3 unspecified atom stereocenters. The van der Waals surface area contributed by atoms with Gasteiger partial charge in [0.05, 0.1) is 12.2 Å². The van der Waals surface area contributed by atoms with Gasteiger partial charge in [0, 0.05) is 0 Å². The fourth-order valence-electron chi connectivity index (χ4n) is 1.17. The Morgan fingerprint density at radius 3 is 2.17 bits per heavy atom. The number of rotatable bonds is 5. The molecule has 0 spiro atoms. The Balaban J connectivity index is 4.19. The van der Waals surface area contributed by atoms with Crippen molar-refractivity contribution < 1.29 is 20.1 Å². The van der Waals surface area contributed by atoms with Gasteiger partial charge >= 0.3 is 5.97 Å². The lowest BCUT2D eigenvalue weighted by molar-refractivity contribution is -0.151. The number of hydrogen-bond acceptors (Lipinski definition) is 3. The van der Waals surface area contributed by atoms with E-state index in [1.54, 1.807) is 0 Å². The zero-order valence-corrected chi connectivity index (χ0v) is 7.40. The Bertz CT molecular complexity index is 144. The Kier molecular flexibility index (Phi) is 4.85. The van der Waals surface area contributed by atoms with Gasteiger partial charge in [0.25, 0.3) is 0 Å². The molecule has 0 radical (unpaired) electrons. The molecule has 0 aliphatic rings. The molecule has 4 nitrogen and oxygen atoms in total. The number of carboxylic acid groups (broad SMARTS) is 1. The summed E-state index contributed by atoms with van der Waals surface area (Å²) >= 11 is 0. The van der Waals surface area contributed by atoms with Crippen LogP contribution in [0.4, 0.5) is 0 Å². The minimum Gasteiger partial charge on any atom is -0.481 e. The van der Waals surface area contributed by atoms with Crippen molar-refractivity contribution in [2.24, 2.45) is 5.92 Å². The Morgan fingerprint density at radius 1 is 1.42 bits per heavy atom. The van der Waals surface area contributed by atoms with Crippen LogP contribution in [-0.2, 0) is 4.79 Å². The number of carbonyl (C=O) groups is 1. The minimum absolute atomic E-state index is 0.405. The lowest BCUT2D eigenvalue weighted by Gasteiger charge is -2.20. The van der Waals surface area contributed by atoms with Gasteiger partial charge in [0.2, 0.25) is 0 Å². The van der Waals surface area contributed by atoms with Gasteiger partial charge in [-0.3, -0.25) is 4.79 Å². The largest absolute Gasteiger partial charge is 0.481 e. The summed E-state index contributed by atoms with van der Waals surface area (Å²) in [5.74, 6) is -2.21. The van der Waals surface area contributed by atoms with Crippen molar-refractivity contribution in [3.05, 3.63) is 0 Å². The fraction of sp³-hybridized carbons (Fsp3) is 0.875. The number of aliphatic carboxylic acids is 1. The van der Waals surface area contributed by atoms with Crippen LogP contribution < -0.4 is 0 Å². The van der Waals surface area contributed by atoms with Crippen LogP contribution >= 0.6 is 0 Å². The predicted octanol–water partition coefficient (Wildman–Crippen LogP) is 0.229. The molecule has 3 N–H and O–H groups in total. The van der Waals surface area contributed by atoms with Crippen LogP contribution in [-0.4, -0.2) is 33.5 Å². The third-order valence-electron chi connectivity index (χ3n) is 1.80. The van der Waals surface area contributed by atoms with Gasteiger partial charge in [0.1, 0.15) is 5.92 Å². The highest BCUT2D eigenvalue weighted by Crippen LogP contribution is 2.14. The lowest BCUT2D eigenvalue weighted by Crippen LogP contribution is -2.36. The van der Waals surface area contributed by atoms with E-state index in [4.69, 9.17) is 10.2 Å². The molecular weight excluding hydrogens is 160 g/mol. The normalized spacial score (nSPS) is 18.3. The molecule has 0 aliphatic heterocycles. The standard InChI is InChI=1S/C8H16O4/c1-3-4-6(10)7(5(2)9)8(11)12/h5-7,9-10H,3-4H2,1-2H3,(H,11,12). The summed E-state index contributed by atoms with van der Waals surface area (Å²) < 4.78 is 0. The summed E-state index contributed by atoms with van der Waals surface area (Å²) in [7, 11) is 0. The Hall–Kier alpha value is -0.610. The van der Waals surface area contributed by atoms with E-state index in [9.17, 15) is 9.90 Å². The van der Waals surface area contributed by atoms with Crippen LogP contribution in [0.5, 0.6) is 0 Å². The third-order valence-corrected chi connectivity index (χ3v) is 1.80. The molecule has 3 atom stereocenters. The second kappa shape index (κ2) is 5.11. The highest BCUT2D eigenvalue weighted by atomic mass is 16.4. The molecule has 0 heterocycles. The molecule has 4 heteroatoms. The Labute approximate surface area is 71.8 Å². The summed E-state index contributed by atoms with van der Waals surface area (Å²) in [4.78, 5) is 10.5. The molecule has 0 rings (SSSR count). The van der Waals surface area contributed by atoms with Crippen LogP contribution in [0.15, 0.2) is 0 Å². The van der Waals surface area contributed by atoms with E-state index in [0.717, 1.165) is 0 Å².